The van der Waals surface area contributed by atoms with Crippen molar-refractivity contribution in [2.24, 2.45) is 5.92 Å². The highest BCUT2D eigenvalue weighted by Gasteiger charge is 2.10. The van der Waals surface area contributed by atoms with Crippen molar-refractivity contribution in [3.8, 4) is 0 Å². The molecule has 0 spiro atoms. The molecule has 0 heterocycles. The second kappa shape index (κ2) is 8.32. The number of hydrogen-bond acceptors (Lipinski definition) is 3. The summed E-state index contributed by atoms with van der Waals surface area (Å²) < 4.78 is 0. The fourth-order valence-corrected chi connectivity index (χ4v) is 1.63. The Bertz CT molecular complexity index is 460. The maximum atomic E-state index is 11.8. The van der Waals surface area contributed by atoms with Gasteiger partial charge in [-0.05, 0) is 31.2 Å². The zero-order valence-corrected chi connectivity index (χ0v) is 12.3. The molecule has 5 nitrogen and oxygen atoms in total. The van der Waals surface area contributed by atoms with Gasteiger partial charge in [-0.2, -0.15) is 0 Å². The van der Waals surface area contributed by atoms with E-state index in [1.54, 1.807) is 7.05 Å². The van der Waals surface area contributed by atoms with Gasteiger partial charge in [0.25, 0.3) is 0 Å². The molecule has 1 rings (SSSR count). The van der Waals surface area contributed by atoms with Crippen LogP contribution < -0.4 is 16.0 Å². The van der Waals surface area contributed by atoms with Gasteiger partial charge in [0.1, 0.15) is 0 Å². The highest BCUT2D eigenvalue weighted by Crippen LogP contribution is 2.13. The normalized spacial score (nSPS) is 11.8. The van der Waals surface area contributed by atoms with Gasteiger partial charge >= 0.3 is 0 Å². The highest BCUT2D eigenvalue weighted by atomic mass is 16.2. The second-order valence-electron chi connectivity index (χ2n) is 4.81. The van der Waals surface area contributed by atoms with E-state index in [1.165, 1.54) is 0 Å². The van der Waals surface area contributed by atoms with Crippen LogP contribution in [0.5, 0.6) is 0 Å². The lowest BCUT2D eigenvalue weighted by Gasteiger charge is -2.11. The largest absolute Gasteiger partial charge is 0.351 e. The molecular weight excluding hydrogens is 254 g/mol. The Labute approximate surface area is 120 Å². The third-order valence-electron chi connectivity index (χ3n) is 3.08. The van der Waals surface area contributed by atoms with Crippen LogP contribution in [0.2, 0.25) is 0 Å². The van der Waals surface area contributed by atoms with E-state index in [0.717, 1.165) is 17.7 Å². The monoisotopic (exact) mass is 277 g/mol. The van der Waals surface area contributed by atoms with Gasteiger partial charge in [-0.15, -0.1) is 0 Å². The number of hydrogen-bond donors (Lipinski definition) is 3. The molecular formula is C15H23N3O2. The van der Waals surface area contributed by atoms with Crippen molar-refractivity contribution in [2.75, 3.05) is 18.9 Å². The van der Waals surface area contributed by atoms with Crippen LogP contribution >= 0.6 is 0 Å². The number of carbonyl (C=O) groups excluding carboxylic acids is 2. The minimum Gasteiger partial charge on any atom is -0.351 e. The molecule has 20 heavy (non-hydrogen) atoms. The summed E-state index contributed by atoms with van der Waals surface area (Å²) in [4.78, 5) is 23.2. The number of rotatable bonds is 7. The summed E-state index contributed by atoms with van der Waals surface area (Å²) in [5.41, 5.74) is 1.71. The minimum absolute atomic E-state index is 0.00557. The van der Waals surface area contributed by atoms with Crippen molar-refractivity contribution in [1.29, 1.82) is 0 Å². The number of nitrogens with one attached hydrogen (secondary N) is 3. The van der Waals surface area contributed by atoms with E-state index in [-0.39, 0.29) is 17.7 Å². The molecule has 0 saturated carbocycles. The van der Waals surface area contributed by atoms with Crippen LogP contribution in [-0.2, 0) is 16.1 Å². The number of benzene rings is 1. The van der Waals surface area contributed by atoms with Crippen molar-refractivity contribution in [3.63, 3.8) is 0 Å². The first-order valence-corrected chi connectivity index (χ1v) is 6.88. The average Bonchev–Trinajstić information content (AvgIpc) is 2.45. The Morgan fingerprint density at radius 2 is 2.05 bits per heavy atom. The Kier molecular flexibility index (Phi) is 6.73. The van der Waals surface area contributed by atoms with E-state index in [2.05, 4.69) is 16.0 Å². The van der Waals surface area contributed by atoms with Crippen LogP contribution in [0.1, 0.15) is 25.8 Å². The lowest BCUT2D eigenvalue weighted by molar-refractivity contribution is -0.120. The Morgan fingerprint density at radius 3 is 2.70 bits per heavy atom. The van der Waals surface area contributed by atoms with Crippen LogP contribution in [-0.4, -0.2) is 25.4 Å². The maximum absolute atomic E-state index is 11.8. The topological polar surface area (TPSA) is 70.2 Å². The summed E-state index contributed by atoms with van der Waals surface area (Å²) in [5, 5.41) is 8.47. The number of likely N-dealkylation sites (N-methyl/N-ethyl adjacent to an activating group) is 1. The molecule has 1 atom stereocenters. The first kappa shape index (κ1) is 16.2. The van der Waals surface area contributed by atoms with Gasteiger partial charge in [0.15, 0.2) is 0 Å². The predicted octanol–water partition coefficient (Wildman–Crippen LogP) is 1.51. The van der Waals surface area contributed by atoms with Crippen molar-refractivity contribution >= 4 is 17.5 Å². The first-order chi connectivity index (χ1) is 9.56. The van der Waals surface area contributed by atoms with Crippen molar-refractivity contribution in [1.82, 2.24) is 10.6 Å². The third kappa shape index (κ3) is 5.40. The van der Waals surface area contributed by atoms with Crippen LogP contribution in [0.3, 0.4) is 0 Å². The molecule has 1 aromatic rings. The number of anilines is 1. The number of amides is 2. The van der Waals surface area contributed by atoms with Gasteiger partial charge in [0.2, 0.25) is 11.8 Å². The van der Waals surface area contributed by atoms with E-state index < -0.39 is 0 Å². The Morgan fingerprint density at radius 1 is 1.30 bits per heavy atom. The molecule has 3 N–H and O–H groups in total. The van der Waals surface area contributed by atoms with E-state index in [1.807, 2.05) is 38.1 Å². The van der Waals surface area contributed by atoms with E-state index in [9.17, 15) is 9.59 Å². The van der Waals surface area contributed by atoms with Gasteiger partial charge < -0.3 is 16.0 Å². The summed E-state index contributed by atoms with van der Waals surface area (Å²) in [5.74, 6) is -0.0422. The van der Waals surface area contributed by atoms with Gasteiger partial charge in [0.05, 0.1) is 6.54 Å². The van der Waals surface area contributed by atoms with Gasteiger partial charge in [-0.1, -0.05) is 26.0 Å². The highest BCUT2D eigenvalue weighted by molar-refractivity contribution is 5.92. The zero-order valence-electron chi connectivity index (χ0n) is 12.3. The molecule has 0 bridgehead atoms. The lowest BCUT2D eigenvalue weighted by atomic mass is 10.1. The molecule has 0 saturated heterocycles. The smallest absolute Gasteiger partial charge is 0.234 e. The van der Waals surface area contributed by atoms with Crippen molar-refractivity contribution in [3.05, 3.63) is 29.8 Å². The minimum atomic E-state index is -0.0541. The SMILES string of the molecule is CCC(C)C(=O)Nc1cccc(CNC(=O)CNC)c1. The molecule has 110 valence electrons. The van der Waals surface area contributed by atoms with Gasteiger partial charge in [0, 0.05) is 18.2 Å². The van der Waals surface area contributed by atoms with Gasteiger partial charge in [-0.25, -0.2) is 0 Å². The summed E-state index contributed by atoms with van der Waals surface area (Å²) in [7, 11) is 1.73. The standard InChI is InChI=1S/C15H23N3O2/c1-4-11(2)15(20)18-13-7-5-6-12(8-13)9-17-14(19)10-16-3/h5-8,11,16H,4,9-10H2,1-3H3,(H,17,19)(H,18,20). The third-order valence-corrected chi connectivity index (χ3v) is 3.08. The molecule has 2 amide bonds. The summed E-state index contributed by atoms with van der Waals surface area (Å²) >= 11 is 0. The summed E-state index contributed by atoms with van der Waals surface area (Å²) in [6.07, 6.45) is 0.811. The van der Waals surface area contributed by atoms with Crippen LogP contribution in [0, 0.1) is 5.92 Å². The molecule has 0 radical (unpaired) electrons. The maximum Gasteiger partial charge on any atom is 0.234 e. The Balaban J connectivity index is 2.57. The first-order valence-electron chi connectivity index (χ1n) is 6.88. The molecule has 0 aliphatic heterocycles. The predicted molar refractivity (Wildman–Crippen MR) is 80.3 cm³/mol. The molecule has 0 fully saturated rings. The molecule has 0 aliphatic carbocycles. The van der Waals surface area contributed by atoms with Crippen molar-refractivity contribution in [2.45, 2.75) is 26.8 Å². The molecule has 1 aromatic carbocycles. The molecule has 5 heteroatoms. The van der Waals surface area contributed by atoms with Gasteiger partial charge in [-0.3, -0.25) is 9.59 Å². The van der Waals surface area contributed by atoms with E-state index in [0.29, 0.717) is 13.1 Å². The fourth-order valence-electron chi connectivity index (χ4n) is 1.63. The zero-order chi connectivity index (χ0) is 15.0. The molecule has 0 aromatic heterocycles. The van der Waals surface area contributed by atoms with E-state index in [4.69, 9.17) is 0 Å². The van der Waals surface area contributed by atoms with Crippen molar-refractivity contribution < 1.29 is 9.59 Å². The summed E-state index contributed by atoms with van der Waals surface area (Å²) in [6, 6.07) is 7.50. The Hall–Kier alpha value is -1.88. The average molecular weight is 277 g/mol. The lowest BCUT2D eigenvalue weighted by Crippen LogP contribution is -2.31. The second-order valence-corrected chi connectivity index (χ2v) is 4.81. The molecule has 0 aliphatic rings. The molecule has 1 unspecified atom stereocenters. The van der Waals surface area contributed by atoms with Crippen LogP contribution in [0.4, 0.5) is 5.69 Å². The number of carbonyl (C=O) groups is 2. The summed E-state index contributed by atoms with van der Waals surface area (Å²) in [6.45, 7) is 4.63. The quantitative estimate of drug-likeness (QED) is 0.707. The van der Waals surface area contributed by atoms with Crippen LogP contribution in [0.25, 0.3) is 0 Å². The van der Waals surface area contributed by atoms with E-state index >= 15 is 0 Å². The fraction of sp³-hybridized carbons (Fsp3) is 0.467. The van der Waals surface area contributed by atoms with Crippen LogP contribution in [0.15, 0.2) is 24.3 Å².